The number of para-hydroxylation sites is 2. The highest BCUT2D eigenvalue weighted by atomic mass is 16.1. The summed E-state index contributed by atoms with van der Waals surface area (Å²) in [5.74, 6) is 0.654. The summed E-state index contributed by atoms with van der Waals surface area (Å²) in [6.45, 7) is 3.17. The van der Waals surface area contributed by atoms with Crippen molar-refractivity contribution in [1.29, 1.82) is 0 Å². The monoisotopic (exact) mass is 375 g/mol. The maximum atomic E-state index is 12.6. The maximum absolute atomic E-state index is 12.6. The predicted octanol–water partition coefficient (Wildman–Crippen LogP) is 2.16. The Morgan fingerprint density at radius 1 is 1.07 bits per heavy atom. The number of carbonyl (C=O) groups excluding carboxylic acids is 1. The summed E-state index contributed by atoms with van der Waals surface area (Å²) >= 11 is 0. The summed E-state index contributed by atoms with van der Waals surface area (Å²) in [6.07, 6.45) is 0.0982. The third-order valence-corrected chi connectivity index (χ3v) is 4.85. The molecule has 0 bridgehead atoms. The van der Waals surface area contributed by atoms with E-state index in [1.165, 1.54) is 4.68 Å². The summed E-state index contributed by atoms with van der Waals surface area (Å²) < 4.78 is 3.37. The molecule has 0 saturated heterocycles. The average Bonchev–Trinajstić information content (AvgIpc) is 3.08. The van der Waals surface area contributed by atoms with Gasteiger partial charge in [0.2, 0.25) is 5.91 Å². The normalized spacial score (nSPS) is 11.2. The maximum Gasteiger partial charge on any atom is 0.274 e. The number of nitrogens with zero attached hydrogens (tertiary/aromatic N) is 4. The quantitative estimate of drug-likeness (QED) is 0.580. The fourth-order valence-corrected chi connectivity index (χ4v) is 3.51. The number of carbonyl (C=O) groups is 1. The highest BCUT2D eigenvalue weighted by molar-refractivity contribution is 5.88. The van der Waals surface area contributed by atoms with Crippen LogP contribution in [0.1, 0.15) is 18.4 Å². The first kappa shape index (κ1) is 17.9. The van der Waals surface area contributed by atoms with Gasteiger partial charge in [0.05, 0.1) is 35.1 Å². The van der Waals surface area contributed by atoms with Gasteiger partial charge in [-0.05, 0) is 25.1 Å². The summed E-state index contributed by atoms with van der Waals surface area (Å²) in [5.41, 5.74) is 2.38. The number of benzene rings is 2. The van der Waals surface area contributed by atoms with Crippen molar-refractivity contribution in [3.8, 4) is 0 Å². The Morgan fingerprint density at radius 3 is 2.57 bits per heavy atom. The van der Waals surface area contributed by atoms with Crippen LogP contribution in [0, 0.1) is 0 Å². The second kappa shape index (κ2) is 7.26. The summed E-state index contributed by atoms with van der Waals surface area (Å²) in [4.78, 5) is 29.4. The van der Waals surface area contributed by atoms with Crippen molar-refractivity contribution >= 4 is 27.7 Å². The van der Waals surface area contributed by atoms with Gasteiger partial charge in [0.15, 0.2) is 0 Å². The number of amides is 1. The third kappa shape index (κ3) is 3.15. The zero-order chi connectivity index (χ0) is 19.7. The van der Waals surface area contributed by atoms with Gasteiger partial charge in [-0.3, -0.25) is 9.59 Å². The zero-order valence-corrected chi connectivity index (χ0v) is 15.8. The Labute approximate surface area is 161 Å². The van der Waals surface area contributed by atoms with Crippen LogP contribution < -0.4 is 10.9 Å². The Hall–Kier alpha value is -3.48. The lowest BCUT2D eigenvalue weighted by Gasteiger charge is -2.10. The smallest absolute Gasteiger partial charge is 0.274 e. The van der Waals surface area contributed by atoms with Gasteiger partial charge in [-0.15, -0.1) is 0 Å². The topological polar surface area (TPSA) is 81.8 Å². The van der Waals surface area contributed by atoms with Gasteiger partial charge in [0.1, 0.15) is 5.82 Å². The molecule has 1 amide bonds. The molecule has 4 aromatic rings. The molecule has 0 unspecified atom stereocenters. The van der Waals surface area contributed by atoms with Gasteiger partial charge in [0, 0.05) is 19.0 Å². The number of fused-ring (bicyclic) bond motifs is 2. The summed E-state index contributed by atoms with van der Waals surface area (Å²) in [7, 11) is 1.60. The Kier molecular flexibility index (Phi) is 4.65. The van der Waals surface area contributed by atoms with Gasteiger partial charge in [-0.2, -0.15) is 5.10 Å². The molecule has 7 nitrogen and oxygen atoms in total. The van der Waals surface area contributed by atoms with Gasteiger partial charge in [0.25, 0.3) is 5.56 Å². The van der Waals surface area contributed by atoms with E-state index in [4.69, 9.17) is 0 Å². The molecule has 0 spiro atoms. The van der Waals surface area contributed by atoms with Crippen LogP contribution in [0.25, 0.3) is 21.8 Å². The third-order valence-electron chi connectivity index (χ3n) is 4.85. The Bertz CT molecular complexity index is 1240. The van der Waals surface area contributed by atoms with Crippen LogP contribution in [-0.2, 0) is 31.4 Å². The van der Waals surface area contributed by atoms with Crippen LogP contribution in [0.2, 0.25) is 0 Å². The van der Waals surface area contributed by atoms with Gasteiger partial charge < -0.3 is 9.88 Å². The molecule has 0 aliphatic carbocycles. The molecule has 7 heteroatoms. The van der Waals surface area contributed by atoms with Gasteiger partial charge >= 0.3 is 0 Å². The van der Waals surface area contributed by atoms with Crippen LogP contribution in [0.15, 0.2) is 53.3 Å². The number of imidazole rings is 1. The van der Waals surface area contributed by atoms with Crippen LogP contribution in [-0.4, -0.2) is 25.2 Å². The number of hydrogen-bond acceptors (Lipinski definition) is 4. The summed E-state index contributed by atoms with van der Waals surface area (Å²) in [5, 5.41) is 8.49. The largest absolute Gasteiger partial charge is 0.349 e. The molecule has 1 N–H and O–H groups in total. The molecule has 0 saturated carbocycles. The first-order chi connectivity index (χ1) is 13.6. The average molecular weight is 375 g/mol. The van der Waals surface area contributed by atoms with E-state index in [-0.39, 0.29) is 17.9 Å². The van der Waals surface area contributed by atoms with Crippen molar-refractivity contribution in [3.63, 3.8) is 0 Å². The van der Waals surface area contributed by atoms with Crippen molar-refractivity contribution in [3.05, 3.63) is 70.4 Å². The number of nitrogens with one attached hydrogen (secondary N) is 1. The lowest BCUT2D eigenvalue weighted by Crippen LogP contribution is -2.28. The predicted molar refractivity (Wildman–Crippen MR) is 108 cm³/mol. The molecule has 0 atom stereocenters. The standard InChI is InChI=1S/C21H21N5O2/c1-3-26-18-11-7-6-10-16(18)23-19(26)13-22-20(27)12-17-14-8-4-5-9-15(14)21(28)25(2)24-17/h4-11H,3,12-13H2,1-2H3,(H,22,27). The molecule has 2 heterocycles. The number of rotatable bonds is 5. The molecule has 0 aliphatic heterocycles. The fourth-order valence-electron chi connectivity index (χ4n) is 3.51. The lowest BCUT2D eigenvalue weighted by molar-refractivity contribution is -0.120. The van der Waals surface area contributed by atoms with Crippen LogP contribution in [0.3, 0.4) is 0 Å². The molecule has 0 aliphatic rings. The molecule has 142 valence electrons. The van der Waals surface area contributed by atoms with E-state index in [1.54, 1.807) is 13.1 Å². The SMILES string of the molecule is CCn1c(CNC(=O)Cc2nn(C)c(=O)c3ccccc23)nc2ccccc21. The highest BCUT2D eigenvalue weighted by Crippen LogP contribution is 2.16. The first-order valence-electron chi connectivity index (χ1n) is 9.24. The summed E-state index contributed by atoms with van der Waals surface area (Å²) in [6, 6.07) is 15.2. The van der Waals surface area contributed by atoms with E-state index in [0.717, 1.165) is 23.4 Å². The highest BCUT2D eigenvalue weighted by Gasteiger charge is 2.14. The van der Waals surface area contributed by atoms with Crippen molar-refractivity contribution in [2.75, 3.05) is 0 Å². The number of aryl methyl sites for hydroxylation is 2. The lowest BCUT2D eigenvalue weighted by atomic mass is 10.1. The molecular weight excluding hydrogens is 354 g/mol. The van der Waals surface area contributed by atoms with E-state index in [2.05, 4.69) is 26.9 Å². The van der Waals surface area contributed by atoms with Crippen molar-refractivity contribution in [2.24, 2.45) is 7.05 Å². The fraction of sp³-hybridized carbons (Fsp3) is 0.238. The van der Waals surface area contributed by atoms with Crippen LogP contribution in [0.4, 0.5) is 0 Å². The van der Waals surface area contributed by atoms with Crippen molar-refractivity contribution in [1.82, 2.24) is 24.6 Å². The minimum atomic E-state index is -0.170. The molecule has 0 fully saturated rings. The van der Waals surface area contributed by atoms with E-state index < -0.39 is 0 Å². The molecule has 4 rings (SSSR count). The second-order valence-electron chi connectivity index (χ2n) is 6.64. The van der Waals surface area contributed by atoms with E-state index in [1.807, 2.05) is 42.5 Å². The van der Waals surface area contributed by atoms with Crippen molar-refractivity contribution < 1.29 is 4.79 Å². The number of hydrogen-bond donors (Lipinski definition) is 1. The Balaban J connectivity index is 1.56. The van der Waals surface area contributed by atoms with Crippen LogP contribution >= 0.6 is 0 Å². The van der Waals surface area contributed by atoms with Gasteiger partial charge in [-0.1, -0.05) is 30.3 Å². The van der Waals surface area contributed by atoms with E-state index in [9.17, 15) is 9.59 Å². The molecule has 28 heavy (non-hydrogen) atoms. The molecule has 2 aromatic heterocycles. The van der Waals surface area contributed by atoms with E-state index >= 15 is 0 Å². The first-order valence-corrected chi connectivity index (χ1v) is 9.24. The van der Waals surface area contributed by atoms with Gasteiger partial charge in [-0.25, -0.2) is 9.67 Å². The van der Waals surface area contributed by atoms with Crippen molar-refractivity contribution in [2.45, 2.75) is 26.4 Å². The number of aromatic nitrogens is 4. The zero-order valence-electron chi connectivity index (χ0n) is 15.8. The second-order valence-corrected chi connectivity index (χ2v) is 6.64. The molecule has 2 aromatic carbocycles. The van der Waals surface area contributed by atoms with E-state index in [0.29, 0.717) is 23.0 Å². The molecular formula is C21H21N5O2. The molecule has 0 radical (unpaired) electrons. The Morgan fingerprint density at radius 2 is 1.79 bits per heavy atom. The van der Waals surface area contributed by atoms with Crippen LogP contribution in [0.5, 0.6) is 0 Å². The minimum absolute atomic E-state index is 0.0982. The minimum Gasteiger partial charge on any atom is -0.349 e.